The summed E-state index contributed by atoms with van der Waals surface area (Å²) in [5.74, 6) is -6.12. The molecule has 16 heteroatoms. The van der Waals surface area contributed by atoms with Gasteiger partial charge in [-0.2, -0.15) is 0 Å². The number of hydrogen-bond donors (Lipinski definition) is 8. The first-order valence-electron chi connectivity index (χ1n) is 23.6. The molecule has 17 atom stereocenters. The van der Waals surface area contributed by atoms with Gasteiger partial charge in [0, 0.05) is 47.7 Å². The van der Waals surface area contributed by atoms with Crippen molar-refractivity contribution in [2.75, 3.05) is 32.8 Å². The number of carbonyl (C=O) groups is 4. The lowest BCUT2D eigenvalue weighted by atomic mass is 9.46. The molecule has 0 radical (unpaired) electrons. The molecule has 2 bridgehead atoms. The van der Waals surface area contributed by atoms with Gasteiger partial charge in [-0.25, -0.2) is 4.39 Å². The normalized spacial score (nSPS) is 47.5. The van der Waals surface area contributed by atoms with E-state index in [1.807, 2.05) is 18.7 Å². The summed E-state index contributed by atoms with van der Waals surface area (Å²) in [7, 11) is 0. The predicted molar refractivity (Wildman–Crippen MR) is 232 cm³/mol. The van der Waals surface area contributed by atoms with Gasteiger partial charge in [0.05, 0.1) is 36.3 Å². The molecule has 15 nitrogen and oxygen atoms in total. The molecule has 2 heterocycles. The van der Waals surface area contributed by atoms with Gasteiger partial charge in [0.1, 0.15) is 30.6 Å². The molecule has 3 unspecified atom stereocenters. The van der Waals surface area contributed by atoms with E-state index in [0.717, 1.165) is 0 Å². The van der Waals surface area contributed by atoms with Crippen molar-refractivity contribution in [1.29, 1.82) is 0 Å². The number of nitrogens with one attached hydrogen (secondary N) is 1. The summed E-state index contributed by atoms with van der Waals surface area (Å²) in [4.78, 5) is 55.1. The summed E-state index contributed by atoms with van der Waals surface area (Å²) in [6.45, 7) is 13.9. The molecule has 4 saturated carbocycles. The maximum absolute atomic E-state index is 16.0. The topological polar surface area (TPSA) is 244 Å². The quantitative estimate of drug-likeness (QED) is 0.109. The van der Waals surface area contributed by atoms with Crippen LogP contribution in [0, 0.1) is 52.3 Å². The Balaban J connectivity index is 1.10. The maximum atomic E-state index is 16.0. The van der Waals surface area contributed by atoms with Gasteiger partial charge in [0.2, 0.25) is 5.78 Å². The molecule has 6 fully saturated rings. The first-order chi connectivity index (χ1) is 29.8. The summed E-state index contributed by atoms with van der Waals surface area (Å²) in [5.41, 5.74) is -6.78. The van der Waals surface area contributed by atoms with Crippen LogP contribution in [0.1, 0.15) is 107 Å². The minimum Gasteiger partial charge on any atom is -0.459 e. The molecule has 0 aromatic rings. The van der Waals surface area contributed by atoms with E-state index in [2.05, 4.69) is 5.32 Å². The average molecular weight is 907 g/mol. The largest absolute Gasteiger partial charge is 0.459 e. The standard InChI is InChI=1S/C48H75FN2O13/c1-9-37-46(8,61)42(59)28(5)51(23-29-20-47(62,21-29)41(58)26(3)40(57)27(4)43(60)63-37)16-10-14-50-15-12-38(56)64-48(36(55)24-52)25(2)17-32-31-19-34(49)33-18-30(53)11-13-44(33,6)39(31)35(54)22-45(32,48)7/h11,13,18,25-29,31-32,34-35,37,39-42,50,52,54,57-59,61-62H,9-10,12,14-17,19-24H2,1-8H3/t25-,26+,27-,28-,29-,31?,32?,34+,35+,37-,39?,40+,41-,42-,44+,45+,46-,47-,48+/m1/s1. The van der Waals surface area contributed by atoms with Gasteiger partial charge in [-0.05, 0) is 114 Å². The van der Waals surface area contributed by atoms with Crippen LogP contribution in [-0.4, -0.2) is 156 Å². The number of Topliss-reactive ketones (excluding diaryl/α,β-unsaturated/α-hetero) is 1. The van der Waals surface area contributed by atoms with Crippen LogP contribution in [0.4, 0.5) is 4.39 Å². The van der Waals surface area contributed by atoms with Crippen molar-refractivity contribution in [1.82, 2.24) is 10.2 Å². The number of halogens is 1. The molecule has 2 saturated heterocycles. The van der Waals surface area contributed by atoms with E-state index >= 15 is 4.39 Å². The summed E-state index contributed by atoms with van der Waals surface area (Å²) in [5, 5.41) is 82.3. The molecule has 0 amide bonds. The number of ketones is 2. The number of nitrogens with zero attached hydrogens (tertiary/aromatic N) is 1. The number of fused-ring (bicyclic) bond motifs is 16. The summed E-state index contributed by atoms with van der Waals surface area (Å²) >= 11 is 0. The van der Waals surface area contributed by atoms with E-state index in [4.69, 9.17) is 9.47 Å². The van der Waals surface area contributed by atoms with Crippen LogP contribution >= 0.6 is 0 Å². The lowest BCUT2D eigenvalue weighted by Crippen LogP contribution is -2.65. The van der Waals surface area contributed by atoms with Crippen LogP contribution in [0.15, 0.2) is 23.8 Å². The minimum atomic E-state index is -1.88. The highest BCUT2D eigenvalue weighted by atomic mass is 19.1. The molecule has 7 rings (SSSR count). The highest BCUT2D eigenvalue weighted by Gasteiger charge is 2.73. The van der Waals surface area contributed by atoms with Gasteiger partial charge >= 0.3 is 11.9 Å². The average Bonchev–Trinajstić information content (AvgIpc) is 3.45. The number of alkyl halides is 1. The second-order valence-corrected chi connectivity index (χ2v) is 21.3. The Labute approximate surface area is 376 Å². The van der Waals surface area contributed by atoms with Crippen molar-refractivity contribution in [3.63, 3.8) is 0 Å². The number of rotatable bonds is 11. The maximum Gasteiger partial charge on any atom is 0.311 e. The summed E-state index contributed by atoms with van der Waals surface area (Å²) in [6, 6.07) is -0.648. The van der Waals surface area contributed by atoms with Crippen molar-refractivity contribution >= 4 is 23.5 Å². The fourth-order valence-electron chi connectivity index (χ4n) is 13.7. The zero-order chi connectivity index (χ0) is 47.5. The fourth-order valence-corrected chi connectivity index (χ4v) is 13.7. The number of aliphatic hydroxyl groups excluding tert-OH is 5. The third kappa shape index (κ3) is 8.59. The number of aliphatic hydroxyl groups is 7. The van der Waals surface area contributed by atoms with Crippen molar-refractivity contribution in [2.24, 2.45) is 52.3 Å². The van der Waals surface area contributed by atoms with Crippen molar-refractivity contribution in [2.45, 2.75) is 166 Å². The number of ether oxygens (including phenoxy) is 2. The predicted octanol–water partition coefficient (Wildman–Crippen LogP) is 1.95. The molecule has 64 heavy (non-hydrogen) atoms. The number of hydrogen-bond acceptors (Lipinski definition) is 15. The summed E-state index contributed by atoms with van der Waals surface area (Å²) in [6.07, 6.45) is -1.54. The molecule has 0 spiro atoms. The number of carbonyl (C=O) groups excluding carboxylic acids is 4. The van der Waals surface area contributed by atoms with Gasteiger partial charge in [-0.1, -0.05) is 40.7 Å². The van der Waals surface area contributed by atoms with E-state index in [-0.39, 0.29) is 68.6 Å². The Kier molecular flexibility index (Phi) is 14.9. The van der Waals surface area contributed by atoms with Crippen LogP contribution in [0.3, 0.4) is 0 Å². The van der Waals surface area contributed by atoms with E-state index in [1.54, 1.807) is 33.8 Å². The Morgan fingerprint density at radius 1 is 0.984 bits per heavy atom. The van der Waals surface area contributed by atoms with Gasteiger partial charge in [-0.15, -0.1) is 0 Å². The second-order valence-electron chi connectivity index (χ2n) is 21.3. The molecule has 362 valence electrons. The lowest BCUT2D eigenvalue weighted by molar-refractivity contribution is -0.206. The molecule has 2 aliphatic heterocycles. The van der Waals surface area contributed by atoms with Gasteiger partial charge in [0.25, 0.3) is 0 Å². The lowest BCUT2D eigenvalue weighted by Gasteiger charge is -2.60. The van der Waals surface area contributed by atoms with E-state index in [0.29, 0.717) is 38.0 Å². The van der Waals surface area contributed by atoms with Crippen LogP contribution in [0.5, 0.6) is 0 Å². The molecule has 0 aromatic heterocycles. The van der Waals surface area contributed by atoms with Gasteiger partial charge < -0.3 is 50.5 Å². The first kappa shape index (κ1) is 50.7. The van der Waals surface area contributed by atoms with Crippen LogP contribution in [0.25, 0.3) is 0 Å². The monoisotopic (exact) mass is 907 g/mol. The van der Waals surface area contributed by atoms with E-state index < -0.39 is 118 Å². The Hall–Kier alpha value is -2.67. The fraction of sp³-hybridized carbons (Fsp3) is 0.833. The zero-order valence-corrected chi connectivity index (χ0v) is 38.9. The second kappa shape index (κ2) is 18.8. The van der Waals surface area contributed by atoms with Crippen molar-refractivity contribution in [3.05, 3.63) is 23.8 Å². The first-order valence-corrected chi connectivity index (χ1v) is 23.6. The molecule has 7 aliphatic rings. The van der Waals surface area contributed by atoms with Crippen LogP contribution in [-0.2, 0) is 28.7 Å². The Morgan fingerprint density at radius 2 is 1.66 bits per heavy atom. The molecular formula is C48H75FN2O13. The highest BCUT2D eigenvalue weighted by Crippen LogP contribution is 2.69. The Bertz CT molecular complexity index is 1820. The van der Waals surface area contributed by atoms with Gasteiger partial charge in [0.15, 0.2) is 11.4 Å². The third-order valence-corrected chi connectivity index (χ3v) is 17.3. The number of esters is 2. The van der Waals surface area contributed by atoms with Crippen LogP contribution < -0.4 is 5.32 Å². The zero-order valence-electron chi connectivity index (χ0n) is 38.9. The van der Waals surface area contributed by atoms with Crippen molar-refractivity contribution in [3.8, 4) is 0 Å². The molecule has 5 aliphatic carbocycles. The molecule has 0 aromatic carbocycles. The summed E-state index contributed by atoms with van der Waals surface area (Å²) < 4.78 is 27.9. The molecular weight excluding hydrogens is 832 g/mol. The minimum absolute atomic E-state index is 0.0529. The number of allylic oxidation sites excluding steroid dienone is 4. The van der Waals surface area contributed by atoms with Gasteiger partial charge in [-0.3, -0.25) is 24.1 Å². The SMILES string of the molecule is CC[C@H]1OC(=O)[C@H](C)[C@@H](O)[C@H](C)[C@@H](O)[C@]2(O)C[C@H](CN(CCCNCCC(=O)O[C@]3(C(=O)CO)[C@H](C)CC4C5C[C@H](F)C6=CC(=O)C=C[C@]6(C)C5[C@@H](O)C[C@@]43C)[C@H](C)[C@@H](O)[C@]1(C)O)C2. The van der Waals surface area contributed by atoms with E-state index in [9.17, 15) is 54.9 Å². The van der Waals surface area contributed by atoms with Crippen molar-refractivity contribution < 1.29 is 68.8 Å². The smallest absolute Gasteiger partial charge is 0.311 e. The third-order valence-electron chi connectivity index (χ3n) is 17.3. The van der Waals surface area contributed by atoms with Crippen LogP contribution in [0.2, 0.25) is 0 Å². The van der Waals surface area contributed by atoms with E-state index in [1.165, 1.54) is 26.0 Å². The molecule has 8 N–H and O–H groups in total. The highest BCUT2D eigenvalue weighted by molar-refractivity contribution is 6.01. The Morgan fingerprint density at radius 3 is 2.30 bits per heavy atom.